The Morgan fingerprint density at radius 1 is 1.18 bits per heavy atom. The number of hydrogen-bond acceptors (Lipinski definition) is 3. The van der Waals surface area contributed by atoms with Gasteiger partial charge in [-0.15, -0.1) is 10.2 Å². The number of aromatic nitrogens is 4. The number of rotatable bonds is 5. The van der Waals surface area contributed by atoms with Gasteiger partial charge < -0.3 is 9.13 Å². The van der Waals surface area contributed by atoms with Crippen molar-refractivity contribution in [2.45, 2.75) is 33.5 Å². The highest BCUT2D eigenvalue weighted by atomic mass is 15.3. The smallest absolute Gasteiger partial charge is 0.146 e. The van der Waals surface area contributed by atoms with Crippen LogP contribution in [-0.2, 0) is 26.7 Å². The zero-order chi connectivity index (χ0) is 15.7. The molecule has 0 amide bonds. The molecule has 0 spiro atoms. The van der Waals surface area contributed by atoms with Crippen LogP contribution in [-0.4, -0.2) is 31.3 Å². The van der Waals surface area contributed by atoms with Crippen molar-refractivity contribution in [1.82, 2.24) is 24.2 Å². The molecule has 0 aliphatic rings. The molecule has 0 saturated carbocycles. The Bertz CT molecular complexity index is 784. The normalized spacial score (nSPS) is 11.7. The molecule has 2 aromatic heterocycles. The summed E-state index contributed by atoms with van der Waals surface area (Å²) in [5.41, 5.74) is 3.89. The van der Waals surface area contributed by atoms with Crippen LogP contribution >= 0.6 is 0 Å². The lowest BCUT2D eigenvalue weighted by Gasteiger charge is -2.17. The average Bonchev–Trinajstić information content (AvgIpc) is 3.04. The number of benzene rings is 1. The Hall–Kier alpha value is -2.14. The number of hydrogen-bond donors (Lipinski definition) is 0. The van der Waals surface area contributed by atoms with Crippen molar-refractivity contribution in [2.75, 3.05) is 7.05 Å². The fraction of sp³-hybridized carbons (Fsp3) is 0.412. The Balaban J connectivity index is 1.79. The summed E-state index contributed by atoms with van der Waals surface area (Å²) in [4.78, 5) is 2.28. The van der Waals surface area contributed by atoms with Crippen LogP contribution < -0.4 is 0 Å². The molecule has 0 unspecified atom stereocenters. The minimum Gasteiger partial charge on any atom is -0.346 e. The van der Waals surface area contributed by atoms with Gasteiger partial charge in [-0.05, 0) is 39.1 Å². The minimum absolute atomic E-state index is 0.800. The first-order valence-electron chi connectivity index (χ1n) is 7.68. The maximum Gasteiger partial charge on any atom is 0.146 e. The summed E-state index contributed by atoms with van der Waals surface area (Å²) in [6, 6.07) is 8.89. The van der Waals surface area contributed by atoms with Gasteiger partial charge in [0, 0.05) is 36.7 Å². The Labute approximate surface area is 131 Å². The molecule has 5 heteroatoms. The molecule has 2 heterocycles. The van der Waals surface area contributed by atoms with Crippen molar-refractivity contribution in [2.24, 2.45) is 7.05 Å². The predicted molar refractivity (Wildman–Crippen MR) is 88.5 cm³/mol. The molecule has 0 radical (unpaired) electrons. The minimum atomic E-state index is 0.800. The van der Waals surface area contributed by atoms with Gasteiger partial charge in [0.25, 0.3) is 0 Å². The summed E-state index contributed by atoms with van der Waals surface area (Å²) >= 11 is 0. The van der Waals surface area contributed by atoms with Crippen LogP contribution in [0.5, 0.6) is 0 Å². The first kappa shape index (κ1) is 14.8. The Morgan fingerprint density at radius 2 is 2.00 bits per heavy atom. The second kappa shape index (κ2) is 5.93. The molecular weight excluding hydrogens is 274 g/mol. The van der Waals surface area contributed by atoms with Crippen LogP contribution in [0.2, 0.25) is 0 Å². The van der Waals surface area contributed by atoms with E-state index < -0.39 is 0 Å². The molecule has 3 aromatic rings. The summed E-state index contributed by atoms with van der Waals surface area (Å²) in [5, 5.41) is 9.51. The summed E-state index contributed by atoms with van der Waals surface area (Å²) in [5.74, 6) is 1.01. The molecule has 1 aromatic carbocycles. The van der Waals surface area contributed by atoms with Gasteiger partial charge in [-0.1, -0.05) is 11.6 Å². The van der Waals surface area contributed by atoms with Crippen molar-refractivity contribution in [3.63, 3.8) is 0 Å². The maximum atomic E-state index is 4.21. The van der Waals surface area contributed by atoms with E-state index in [9.17, 15) is 0 Å². The maximum absolute atomic E-state index is 4.21. The van der Waals surface area contributed by atoms with Gasteiger partial charge in [0.15, 0.2) is 0 Å². The molecule has 22 heavy (non-hydrogen) atoms. The second-order valence-electron chi connectivity index (χ2n) is 5.96. The van der Waals surface area contributed by atoms with Crippen LogP contribution in [0.3, 0.4) is 0 Å². The number of fused-ring (bicyclic) bond motifs is 1. The van der Waals surface area contributed by atoms with E-state index in [1.54, 1.807) is 6.33 Å². The lowest BCUT2D eigenvalue weighted by Crippen LogP contribution is -2.21. The van der Waals surface area contributed by atoms with Gasteiger partial charge in [0.1, 0.15) is 12.2 Å². The quantitative estimate of drug-likeness (QED) is 0.727. The molecule has 0 atom stereocenters. The third-order valence-electron chi connectivity index (χ3n) is 4.18. The van der Waals surface area contributed by atoms with E-state index in [0.717, 1.165) is 25.5 Å². The zero-order valence-corrected chi connectivity index (χ0v) is 13.7. The summed E-state index contributed by atoms with van der Waals surface area (Å²) < 4.78 is 4.36. The highest BCUT2D eigenvalue weighted by Gasteiger charge is 2.11. The third-order valence-corrected chi connectivity index (χ3v) is 4.18. The summed E-state index contributed by atoms with van der Waals surface area (Å²) in [6.45, 7) is 6.84. The van der Waals surface area contributed by atoms with Crippen molar-refractivity contribution >= 4 is 10.9 Å². The first-order valence-corrected chi connectivity index (χ1v) is 7.68. The molecule has 0 aliphatic heterocycles. The highest BCUT2D eigenvalue weighted by molar-refractivity contribution is 5.82. The van der Waals surface area contributed by atoms with E-state index in [2.05, 4.69) is 76.4 Å². The summed E-state index contributed by atoms with van der Waals surface area (Å²) in [6.07, 6.45) is 1.79. The molecule has 0 N–H and O–H groups in total. The van der Waals surface area contributed by atoms with Gasteiger partial charge in [-0.25, -0.2) is 0 Å². The molecule has 0 bridgehead atoms. The Kier molecular flexibility index (Phi) is 3.98. The van der Waals surface area contributed by atoms with E-state index in [4.69, 9.17) is 0 Å². The van der Waals surface area contributed by atoms with Crippen LogP contribution in [0.4, 0.5) is 0 Å². The molecule has 116 valence electrons. The largest absolute Gasteiger partial charge is 0.346 e. The fourth-order valence-electron chi connectivity index (χ4n) is 2.92. The van der Waals surface area contributed by atoms with Crippen molar-refractivity contribution < 1.29 is 0 Å². The van der Waals surface area contributed by atoms with Crippen LogP contribution in [0.1, 0.15) is 24.0 Å². The highest BCUT2D eigenvalue weighted by Crippen LogP contribution is 2.21. The molecule has 0 aliphatic carbocycles. The van der Waals surface area contributed by atoms with Gasteiger partial charge in [0.2, 0.25) is 0 Å². The van der Waals surface area contributed by atoms with E-state index in [0.29, 0.717) is 0 Å². The van der Waals surface area contributed by atoms with Gasteiger partial charge in [-0.2, -0.15) is 0 Å². The second-order valence-corrected chi connectivity index (χ2v) is 5.96. The van der Waals surface area contributed by atoms with Gasteiger partial charge in [-0.3, -0.25) is 4.90 Å². The topological polar surface area (TPSA) is 38.9 Å². The lowest BCUT2D eigenvalue weighted by atomic mass is 10.2. The predicted octanol–water partition coefficient (Wildman–Crippen LogP) is 2.73. The van der Waals surface area contributed by atoms with Crippen LogP contribution in [0.15, 0.2) is 30.6 Å². The molecule has 0 fully saturated rings. The lowest BCUT2D eigenvalue weighted by molar-refractivity contribution is 0.298. The zero-order valence-electron chi connectivity index (χ0n) is 13.7. The molecule has 5 nitrogen and oxygen atoms in total. The average molecular weight is 297 g/mol. The van der Waals surface area contributed by atoms with Crippen molar-refractivity contribution in [1.29, 1.82) is 0 Å². The Morgan fingerprint density at radius 3 is 2.77 bits per heavy atom. The van der Waals surface area contributed by atoms with Crippen LogP contribution in [0, 0.1) is 6.92 Å². The van der Waals surface area contributed by atoms with Crippen molar-refractivity contribution in [3.05, 3.63) is 47.7 Å². The summed E-state index contributed by atoms with van der Waals surface area (Å²) in [7, 11) is 4.26. The SMILES string of the molecule is CCn1cnnc1CN(C)Cc1cc2cc(C)ccc2n1C. The standard InChI is InChI=1S/C17H23N5/c1-5-22-12-18-19-17(22)11-20(3)10-15-9-14-8-13(2)6-7-16(14)21(15)4/h6-9,12H,5,10-11H2,1-4H3. The van der Waals surface area contributed by atoms with E-state index in [1.165, 1.54) is 22.2 Å². The molecule has 0 saturated heterocycles. The van der Waals surface area contributed by atoms with E-state index in [-0.39, 0.29) is 0 Å². The van der Waals surface area contributed by atoms with E-state index >= 15 is 0 Å². The number of aryl methyl sites for hydroxylation is 3. The molecule has 3 rings (SSSR count). The third kappa shape index (κ3) is 2.76. The fourth-order valence-corrected chi connectivity index (χ4v) is 2.92. The van der Waals surface area contributed by atoms with E-state index in [1.807, 2.05) is 0 Å². The van der Waals surface area contributed by atoms with Crippen LogP contribution in [0.25, 0.3) is 10.9 Å². The van der Waals surface area contributed by atoms with Crippen molar-refractivity contribution in [3.8, 4) is 0 Å². The van der Waals surface area contributed by atoms with Gasteiger partial charge >= 0.3 is 0 Å². The first-order chi connectivity index (χ1) is 10.6. The monoisotopic (exact) mass is 297 g/mol. The van der Waals surface area contributed by atoms with Gasteiger partial charge in [0.05, 0.1) is 6.54 Å². The number of nitrogens with zero attached hydrogens (tertiary/aromatic N) is 5. The molecular formula is C17H23N5.